The van der Waals surface area contributed by atoms with Gasteiger partial charge in [-0.25, -0.2) is 0 Å². The van der Waals surface area contributed by atoms with Crippen molar-refractivity contribution in [2.45, 2.75) is 38.2 Å². The molecule has 2 rings (SSSR count). The second kappa shape index (κ2) is 4.88. The second-order valence-corrected chi connectivity index (χ2v) is 4.65. The summed E-state index contributed by atoms with van der Waals surface area (Å²) < 4.78 is 4.90. The summed E-state index contributed by atoms with van der Waals surface area (Å²) in [6, 6.07) is 8.08. The van der Waals surface area contributed by atoms with Gasteiger partial charge in [0.1, 0.15) is 0 Å². The van der Waals surface area contributed by atoms with Crippen LogP contribution in [-0.4, -0.2) is 23.3 Å². The molecule has 1 aromatic rings. The molecule has 0 bridgehead atoms. The lowest BCUT2D eigenvalue weighted by atomic mass is 9.79. The van der Waals surface area contributed by atoms with Crippen LogP contribution >= 0.6 is 0 Å². The molecule has 0 spiro atoms. The van der Waals surface area contributed by atoms with Crippen LogP contribution < -0.4 is 0 Å². The van der Waals surface area contributed by atoms with Crippen LogP contribution in [0.4, 0.5) is 0 Å². The van der Waals surface area contributed by atoms with Crippen LogP contribution in [0.3, 0.4) is 0 Å². The predicted molar refractivity (Wildman–Crippen MR) is 64.7 cm³/mol. The summed E-state index contributed by atoms with van der Waals surface area (Å²) in [5.74, 6) is -0.311. The molecule has 0 amide bonds. The Morgan fingerprint density at radius 3 is 2.82 bits per heavy atom. The monoisotopic (exact) mass is 234 g/mol. The molecule has 0 saturated heterocycles. The van der Waals surface area contributed by atoms with Crippen molar-refractivity contribution >= 4 is 5.97 Å². The Kier molecular flexibility index (Phi) is 3.48. The number of benzene rings is 1. The van der Waals surface area contributed by atoms with Crippen molar-refractivity contribution in [2.24, 2.45) is 0 Å². The van der Waals surface area contributed by atoms with Gasteiger partial charge in [-0.15, -0.1) is 0 Å². The fourth-order valence-electron chi connectivity index (χ4n) is 2.42. The molecule has 92 valence electrons. The van der Waals surface area contributed by atoms with E-state index in [4.69, 9.17) is 4.74 Å². The van der Waals surface area contributed by atoms with E-state index in [0.29, 0.717) is 19.4 Å². The maximum atomic E-state index is 11.4. The third-order valence-corrected chi connectivity index (χ3v) is 3.28. The molecular formula is C14H18O3. The molecule has 0 aromatic heterocycles. The van der Waals surface area contributed by atoms with Gasteiger partial charge >= 0.3 is 5.97 Å². The number of carbonyl (C=O) groups excluding carboxylic acids is 1. The van der Waals surface area contributed by atoms with Gasteiger partial charge in [-0.05, 0) is 30.9 Å². The Morgan fingerprint density at radius 2 is 2.12 bits per heavy atom. The highest BCUT2D eigenvalue weighted by Crippen LogP contribution is 2.31. The molecule has 1 aliphatic rings. The van der Waals surface area contributed by atoms with Gasteiger partial charge in [-0.2, -0.15) is 0 Å². The summed E-state index contributed by atoms with van der Waals surface area (Å²) in [5, 5.41) is 10.4. The topological polar surface area (TPSA) is 46.5 Å². The number of hydrogen-bond acceptors (Lipinski definition) is 3. The Labute approximate surface area is 101 Å². The zero-order chi connectivity index (χ0) is 12.3. The zero-order valence-electron chi connectivity index (χ0n) is 10.1. The molecule has 0 heterocycles. The first-order valence-electron chi connectivity index (χ1n) is 6.08. The minimum Gasteiger partial charge on any atom is -0.466 e. The Hall–Kier alpha value is -1.35. The SMILES string of the molecule is CCOC(=O)C[C@]1(O)CCc2ccccc2C1. The summed E-state index contributed by atoms with van der Waals surface area (Å²) in [6.45, 7) is 2.14. The van der Waals surface area contributed by atoms with Crippen LogP contribution in [-0.2, 0) is 22.4 Å². The number of carbonyl (C=O) groups is 1. The van der Waals surface area contributed by atoms with Crippen molar-refractivity contribution in [2.75, 3.05) is 6.61 Å². The normalized spacial score (nSPS) is 22.9. The maximum absolute atomic E-state index is 11.4. The summed E-state index contributed by atoms with van der Waals surface area (Å²) in [4.78, 5) is 11.4. The third-order valence-electron chi connectivity index (χ3n) is 3.28. The molecule has 1 aromatic carbocycles. The zero-order valence-corrected chi connectivity index (χ0v) is 10.1. The first-order valence-corrected chi connectivity index (χ1v) is 6.08. The quantitative estimate of drug-likeness (QED) is 0.812. The Morgan fingerprint density at radius 1 is 1.41 bits per heavy atom. The lowest BCUT2D eigenvalue weighted by Crippen LogP contribution is -2.38. The molecule has 1 aliphatic carbocycles. The summed E-state index contributed by atoms with van der Waals surface area (Å²) in [7, 11) is 0. The number of aliphatic hydroxyl groups is 1. The van der Waals surface area contributed by atoms with E-state index in [1.807, 2.05) is 18.2 Å². The lowest BCUT2D eigenvalue weighted by Gasteiger charge is -2.32. The van der Waals surface area contributed by atoms with E-state index < -0.39 is 5.60 Å². The van der Waals surface area contributed by atoms with Crippen molar-refractivity contribution in [3.05, 3.63) is 35.4 Å². The fraction of sp³-hybridized carbons (Fsp3) is 0.500. The van der Waals surface area contributed by atoms with E-state index in [2.05, 4.69) is 6.07 Å². The molecule has 0 saturated carbocycles. The average molecular weight is 234 g/mol. The van der Waals surface area contributed by atoms with Crippen molar-refractivity contribution in [3.63, 3.8) is 0 Å². The van der Waals surface area contributed by atoms with E-state index in [-0.39, 0.29) is 12.4 Å². The molecular weight excluding hydrogens is 216 g/mol. The van der Waals surface area contributed by atoms with Crippen LogP contribution in [0.15, 0.2) is 24.3 Å². The first-order chi connectivity index (χ1) is 8.13. The van der Waals surface area contributed by atoms with Gasteiger partial charge in [0.2, 0.25) is 0 Å². The van der Waals surface area contributed by atoms with E-state index in [9.17, 15) is 9.90 Å². The number of fused-ring (bicyclic) bond motifs is 1. The molecule has 0 fully saturated rings. The molecule has 3 nitrogen and oxygen atoms in total. The standard InChI is InChI=1S/C14H18O3/c1-2-17-13(15)10-14(16)8-7-11-5-3-4-6-12(11)9-14/h3-6,16H,2,7-10H2,1H3/t14-/m0/s1. The largest absolute Gasteiger partial charge is 0.466 e. The van der Waals surface area contributed by atoms with Gasteiger partial charge in [0.05, 0.1) is 18.6 Å². The van der Waals surface area contributed by atoms with E-state index in [1.54, 1.807) is 6.92 Å². The number of esters is 1. The van der Waals surface area contributed by atoms with Gasteiger partial charge < -0.3 is 9.84 Å². The number of ether oxygens (including phenoxy) is 1. The lowest BCUT2D eigenvalue weighted by molar-refractivity contribution is -0.149. The van der Waals surface area contributed by atoms with Gasteiger partial charge in [0.15, 0.2) is 0 Å². The van der Waals surface area contributed by atoms with Gasteiger partial charge in [0, 0.05) is 6.42 Å². The van der Waals surface area contributed by atoms with Crippen molar-refractivity contribution in [1.82, 2.24) is 0 Å². The Bertz CT molecular complexity index is 414. The molecule has 0 unspecified atom stereocenters. The average Bonchev–Trinajstić information content (AvgIpc) is 2.28. The molecule has 1 atom stereocenters. The van der Waals surface area contributed by atoms with Crippen LogP contribution in [0, 0.1) is 0 Å². The molecule has 1 N–H and O–H groups in total. The molecule has 3 heteroatoms. The van der Waals surface area contributed by atoms with Crippen LogP contribution in [0.2, 0.25) is 0 Å². The number of hydrogen-bond donors (Lipinski definition) is 1. The first kappa shape index (κ1) is 12.1. The molecule has 0 radical (unpaired) electrons. The highest BCUT2D eigenvalue weighted by molar-refractivity contribution is 5.70. The smallest absolute Gasteiger partial charge is 0.308 e. The molecule has 17 heavy (non-hydrogen) atoms. The van der Waals surface area contributed by atoms with Gasteiger partial charge in [-0.1, -0.05) is 24.3 Å². The van der Waals surface area contributed by atoms with Crippen LogP contribution in [0.1, 0.15) is 30.9 Å². The van der Waals surface area contributed by atoms with Gasteiger partial charge in [-0.3, -0.25) is 4.79 Å². The third kappa shape index (κ3) is 2.86. The Balaban J connectivity index is 2.07. The predicted octanol–water partition coefficient (Wildman–Crippen LogP) is 1.86. The summed E-state index contributed by atoms with van der Waals surface area (Å²) >= 11 is 0. The maximum Gasteiger partial charge on any atom is 0.308 e. The highest BCUT2D eigenvalue weighted by Gasteiger charge is 2.34. The number of rotatable bonds is 3. The van der Waals surface area contributed by atoms with Crippen LogP contribution in [0.5, 0.6) is 0 Å². The van der Waals surface area contributed by atoms with Crippen molar-refractivity contribution in [1.29, 1.82) is 0 Å². The van der Waals surface area contributed by atoms with Crippen molar-refractivity contribution < 1.29 is 14.6 Å². The van der Waals surface area contributed by atoms with E-state index in [1.165, 1.54) is 5.56 Å². The highest BCUT2D eigenvalue weighted by atomic mass is 16.5. The van der Waals surface area contributed by atoms with E-state index in [0.717, 1.165) is 12.0 Å². The van der Waals surface area contributed by atoms with Crippen LogP contribution in [0.25, 0.3) is 0 Å². The molecule has 0 aliphatic heterocycles. The van der Waals surface area contributed by atoms with Gasteiger partial charge in [0.25, 0.3) is 0 Å². The van der Waals surface area contributed by atoms with Crippen molar-refractivity contribution in [3.8, 4) is 0 Å². The second-order valence-electron chi connectivity index (χ2n) is 4.65. The minimum atomic E-state index is -0.930. The number of aryl methyl sites for hydroxylation is 1. The summed E-state index contributed by atoms with van der Waals surface area (Å²) in [5.41, 5.74) is 1.49. The minimum absolute atomic E-state index is 0.0924. The van der Waals surface area contributed by atoms with E-state index >= 15 is 0 Å². The fourth-order valence-corrected chi connectivity index (χ4v) is 2.42. The summed E-state index contributed by atoms with van der Waals surface area (Å²) in [6.07, 6.45) is 2.09.